The van der Waals surface area contributed by atoms with Gasteiger partial charge in [-0.1, -0.05) is 37.9 Å². The molecule has 0 spiro atoms. The van der Waals surface area contributed by atoms with Gasteiger partial charge in [0.1, 0.15) is 0 Å². The Labute approximate surface area is 104 Å². The fourth-order valence-corrected chi connectivity index (χ4v) is 0. The lowest BCUT2D eigenvalue weighted by Gasteiger charge is -2.24. The van der Waals surface area contributed by atoms with Crippen LogP contribution in [0.5, 0.6) is 0 Å². The summed E-state index contributed by atoms with van der Waals surface area (Å²) in [5.74, 6) is -7.67. The molecule has 14 heavy (non-hydrogen) atoms. The van der Waals surface area contributed by atoms with Crippen LogP contribution in [0.25, 0.3) is 0 Å². The average Bonchev–Trinajstić information content (AvgIpc) is 1.79. The number of unbranched alkanes of at least 4 members (excludes halogenated alkanes) is 1. The lowest BCUT2D eigenvalue weighted by atomic mass is 10.4. The predicted octanol–water partition coefficient (Wildman–Crippen LogP) is 1.22. The topological polar surface area (TPSA) is 86.2 Å². The summed E-state index contributed by atoms with van der Waals surface area (Å²) in [5, 5.41) is 0. The Bertz CT molecular complexity index is 165. The maximum absolute atomic E-state index is 9.24. The van der Waals surface area contributed by atoms with Gasteiger partial charge in [0, 0.05) is 0 Å². The summed E-state index contributed by atoms with van der Waals surface area (Å²) in [6, 6.07) is 0. The highest BCUT2D eigenvalue weighted by atomic mass is 35.7. The van der Waals surface area contributed by atoms with Gasteiger partial charge in [-0.05, 0) is 5.92 Å². The van der Waals surface area contributed by atoms with Crippen molar-refractivity contribution in [3.05, 3.63) is 0 Å². The zero-order chi connectivity index (χ0) is 12.4. The Kier molecular flexibility index (Phi) is 16.8. The van der Waals surface area contributed by atoms with Gasteiger partial charge >= 0.3 is 0 Å². The molecule has 0 aliphatic heterocycles. The minimum absolute atomic E-state index is 1.32. The predicted molar refractivity (Wildman–Crippen MR) is 61.5 cm³/mol. The first-order chi connectivity index (χ1) is 5.91. The number of hydrogen-bond donors (Lipinski definition) is 0. The lowest BCUT2D eigenvalue weighted by Crippen LogP contribution is -2.05. The molecule has 0 aliphatic carbocycles. The molecule has 0 radical (unpaired) electrons. The van der Waals surface area contributed by atoms with Crippen molar-refractivity contribution in [2.75, 3.05) is 0 Å². The van der Waals surface area contributed by atoms with Crippen molar-refractivity contribution in [2.45, 2.75) is 26.7 Å². The number of rotatable bonds is 1. The Morgan fingerprint density at radius 1 is 1.21 bits per heavy atom. The number of halogens is 2. The molecule has 0 fully saturated rings. The maximum atomic E-state index is 9.24. The third-order valence-corrected chi connectivity index (χ3v) is 0.500. The van der Waals surface area contributed by atoms with Crippen molar-refractivity contribution in [1.29, 1.82) is 0 Å². The van der Waals surface area contributed by atoms with E-state index in [1.165, 1.54) is 12.8 Å². The molecule has 0 amide bonds. The van der Waals surface area contributed by atoms with E-state index in [4.69, 9.17) is 0 Å². The third kappa shape index (κ3) is 305. The quantitative estimate of drug-likeness (QED) is 0.533. The molecular weight excluding hydrogens is 309 g/mol. The maximum Gasteiger partial charge on any atom is -0.0298 e. The fraction of sp³-hybridized carbons (Fsp3) is 1.00. The standard InChI is InChI=1S/C4H10.2ClH2O2PS/c1-3-4-2;2*1-4(2,3)5/h3-4H2,1-2H3;2*(H2,2,3,5)/p-4. The van der Waals surface area contributed by atoms with Gasteiger partial charge in [-0.3, -0.25) is 0 Å². The molecule has 0 saturated carbocycles. The summed E-state index contributed by atoms with van der Waals surface area (Å²) in [6.07, 6.45) is 2.64. The van der Waals surface area contributed by atoms with Crippen molar-refractivity contribution in [3.8, 4) is 0 Å². The van der Waals surface area contributed by atoms with E-state index in [0.717, 1.165) is 0 Å². The largest absolute Gasteiger partial charge is 0.821 e. The molecule has 0 N–H and O–H groups in total. The molecule has 1 unspecified atom stereocenters. The SMILES string of the molecule is CCCC.O=P([O-])([S-])Cl.[O-]P([O-])(=S)Cl. The van der Waals surface area contributed by atoms with Crippen LogP contribution in [0.3, 0.4) is 0 Å². The van der Waals surface area contributed by atoms with E-state index in [1.54, 1.807) is 0 Å². The third-order valence-electron chi connectivity index (χ3n) is 0.500. The first-order valence-corrected chi connectivity index (χ1v) is 10.4. The first kappa shape index (κ1) is 21.0. The van der Waals surface area contributed by atoms with Crippen molar-refractivity contribution >= 4 is 58.3 Å². The lowest BCUT2D eigenvalue weighted by molar-refractivity contribution is -0.286. The Balaban J connectivity index is -0.000000131. The highest BCUT2D eigenvalue weighted by Gasteiger charge is 1.64. The summed E-state index contributed by atoms with van der Waals surface area (Å²) < 4.78 is 9.24. The van der Waals surface area contributed by atoms with Gasteiger partial charge in [0.15, 0.2) is 0 Å². The summed E-state index contributed by atoms with van der Waals surface area (Å²) in [6.45, 7) is 4.36. The summed E-state index contributed by atoms with van der Waals surface area (Å²) in [5.41, 5.74) is 0. The molecule has 4 nitrogen and oxygen atoms in total. The molecule has 0 aromatic carbocycles. The normalized spacial score (nSPS) is 14.0. The van der Waals surface area contributed by atoms with E-state index < -0.39 is 11.8 Å². The molecule has 90 valence electrons. The fourth-order valence-electron chi connectivity index (χ4n) is 0. The zero-order valence-corrected chi connectivity index (χ0v) is 12.4. The monoisotopic (exact) mass is 318 g/mol. The average molecular weight is 319 g/mol. The van der Waals surface area contributed by atoms with E-state index >= 15 is 0 Å². The summed E-state index contributed by atoms with van der Waals surface area (Å²) >= 11 is 15.9. The van der Waals surface area contributed by atoms with E-state index in [-0.39, 0.29) is 0 Å². The van der Waals surface area contributed by atoms with E-state index in [2.05, 4.69) is 60.4 Å². The molecule has 0 aliphatic rings. The molecule has 0 saturated heterocycles. The minimum atomic E-state index is -3.83. The van der Waals surface area contributed by atoms with E-state index in [1.807, 2.05) is 0 Å². The highest BCUT2D eigenvalue weighted by molar-refractivity contribution is 8.43. The smallest absolute Gasteiger partial charge is 0.0298 e. The van der Waals surface area contributed by atoms with Crippen LogP contribution in [0.1, 0.15) is 26.7 Å². The number of hydrogen-bond acceptors (Lipinski definition) is 6. The minimum Gasteiger partial charge on any atom is -0.821 e. The first-order valence-electron chi connectivity index (χ1n) is 3.35. The van der Waals surface area contributed by atoms with Gasteiger partial charge in [0.25, 0.3) is 0 Å². The van der Waals surface area contributed by atoms with Crippen molar-refractivity contribution in [2.24, 2.45) is 0 Å². The molecule has 1 atom stereocenters. The molecular formula is C4H10Cl2O4P2S2-4. The van der Waals surface area contributed by atoms with Gasteiger partial charge in [0.2, 0.25) is 0 Å². The Hall–Kier alpha value is 1.69. The van der Waals surface area contributed by atoms with Crippen molar-refractivity contribution < 1.29 is 19.2 Å². The van der Waals surface area contributed by atoms with Crippen LogP contribution in [-0.2, 0) is 28.6 Å². The van der Waals surface area contributed by atoms with Crippen molar-refractivity contribution in [3.63, 3.8) is 0 Å². The van der Waals surface area contributed by atoms with Crippen LogP contribution in [0.2, 0.25) is 0 Å². The highest BCUT2D eigenvalue weighted by Crippen LogP contribution is 2.37. The molecule has 0 rings (SSSR count). The van der Waals surface area contributed by atoms with Gasteiger partial charge in [0.05, 0.1) is 0 Å². The summed E-state index contributed by atoms with van der Waals surface area (Å²) in [7, 11) is 0. The molecule has 0 heterocycles. The van der Waals surface area contributed by atoms with Gasteiger partial charge < -0.3 is 31.5 Å². The molecule has 0 bridgehead atoms. The van der Waals surface area contributed by atoms with Crippen LogP contribution in [0, 0.1) is 0 Å². The molecule has 0 aromatic heterocycles. The molecule has 10 heteroatoms. The molecule has 0 aromatic rings. The van der Waals surface area contributed by atoms with Gasteiger partial charge in [-0.15, -0.1) is 28.9 Å². The van der Waals surface area contributed by atoms with Crippen LogP contribution < -0.4 is 14.7 Å². The second-order valence-corrected chi connectivity index (χ2v) is 10.3. The Morgan fingerprint density at radius 3 is 1.29 bits per heavy atom. The van der Waals surface area contributed by atoms with Gasteiger partial charge in [-0.25, -0.2) is 0 Å². The second kappa shape index (κ2) is 11.2. The van der Waals surface area contributed by atoms with Gasteiger partial charge in [-0.2, -0.15) is 0 Å². The van der Waals surface area contributed by atoms with Crippen LogP contribution in [0.4, 0.5) is 0 Å². The van der Waals surface area contributed by atoms with E-state index in [0.29, 0.717) is 0 Å². The van der Waals surface area contributed by atoms with Crippen LogP contribution in [-0.4, -0.2) is 0 Å². The van der Waals surface area contributed by atoms with E-state index in [9.17, 15) is 19.2 Å². The second-order valence-electron chi connectivity index (χ2n) is 1.86. The Morgan fingerprint density at radius 2 is 1.29 bits per heavy atom. The van der Waals surface area contributed by atoms with Crippen molar-refractivity contribution in [1.82, 2.24) is 0 Å². The van der Waals surface area contributed by atoms with Crippen LogP contribution in [0.15, 0.2) is 0 Å². The summed E-state index contributed by atoms with van der Waals surface area (Å²) in [4.78, 5) is 27.7. The zero-order valence-electron chi connectivity index (χ0n) is 7.51. The van der Waals surface area contributed by atoms with Crippen LogP contribution >= 0.6 is 34.2 Å².